The number of nitrogens with zero attached hydrogens (tertiary/aromatic N) is 1. The Labute approximate surface area is 200 Å². The summed E-state index contributed by atoms with van der Waals surface area (Å²) in [4.78, 5) is 39.3. The molecule has 0 saturated carbocycles. The Morgan fingerprint density at radius 3 is 2.74 bits per heavy atom. The molecule has 2 heterocycles. The number of rotatable bonds is 6. The molecular weight excluding hydrogens is 448 g/mol. The lowest BCUT2D eigenvalue weighted by atomic mass is 10.1. The first-order chi connectivity index (χ1) is 17.0. The SMILES string of the molecule is Cc1cccc(OCCN2C(=O)COc3ccc(NC(=O)c4cc5ccccc5oc4=O)cc32)c1. The fourth-order valence-corrected chi connectivity index (χ4v) is 3.90. The van der Waals surface area contributed by atoms with E-state index in [4.69, 9.17) is 13.9 Å². The fourth-order valence-electron chi connectivity index (χ4n) is 3.90. The fraction of sp³-hybridized carbons (Fsp3) is 0.148. The Kier molecular flexibility index (Phi) is 5.93. The molecule has 0 fully saturated rings. The van der Waals surface area contributed by atoms with E-state index in [9.17, 15) is 14.4 Å². The van der Waals surface area contributed by atoms with Gasteiger partial charge in [-0.15, -0.1) is 0 Å². The van der Waals surface area contributed by atoms with Crippen LogP contribution in [0.15, 0.2) is 82.0 Å². The van der Waals surface area contributed by atoms with Crippen molar-refractivity contribution in [1.29, 1.82) is 0 Å². The zero-order valence-corrected chi connectivity index (χ0v) is 18.9. The molecule has 5 rings (SSSR count). The molecule has 8 nitrogen and oxygen atoms in total. The lowest BCUT2D eigenvalue weighted by molar-refractivity contribution is -0.121. The number of hydrogen-bond acceptors (Lipinski definition) is 6. The van der Waals surface area contributed by atoms with Gasteiger partial charge >= 0.3 is 5.63 Å². The second-order valence-electron chi connectivity index (χ2n) is 8.12. The first-order valence-corrected chi connectivity index (χ1v) is 11.1. The van der Waals surface area contributed by atoms with Crippen molar-refractivity contribution in [3.8, 4) is 11.5 Å². The van der Waals surface area contributed by atoms with Crippen molar-refractivity contribution in [3.63, 3.8) is 0 Å². The number of ether oxygens (including phenoxy) is 2. The number of aryl methyl sites for hydroxylation is 1. The Hall–Kier alpha value is -4.59. The van der Waals surface area contributed by atoms with Crippen molar-refractivity contribution in [3.05, 3.63) is 94.3 Å². The van der Waals surface area contributed by atoms with Gasteiger partial charge in [-0.25, -0.2) is 4.79 Å². The molecule has 2 amide bonds. The van der Waals surface area contributed by atoms with E-state index < -0.39 is 11.5 Å². The van der Waals surface area contributed by atoms with Gasteiger partial charge in [-0.3, -0.25) is 9.59 Å². The number of hydrogen-bond donors (Lipinski definition) is 1. The van der Waals surface area contributed by atoms with E-state index in [1.54, 1.807) is 47.4 Å². The predicted octanol–water partition coefficient (Wildman–Crippen LogP) is 4.16. The van der Waals surface area contributed by atoms with Gasteiger partial charge in [0.05, 0.1) is 12.2 Å². The first-order valence-electron chi connectivity index (χ1n) is 11.1. The predicted molar refractivity (Wildman–Crippen MR) is 131 cm³/mol. The zero-order chi connectivity index (χ0) is 24.4. The topological polar surface area (TPSA) is 98.1 Å². The normalized spacial score (nSPS) is 12.7. The average Bonchev–Trinajstić information content (AvgIpc) is 2.85. The summed E-state index contributed by atoms with van der Waals surface area (Å²) in [5.74, 6) is 0.412. The quantitative estimate of drug-likeness (QED) is 0.425. The Morgan fingerprint density at radius 2 is 1.89 bits per heavy atom. The van der Waals surface area contributed by atoms with Crippen LogP contribution in [0, 0.1) is 6.92 Å². The summed E-state index contributed by atoms with van der Waals surface area (Å²) in [6.07, 6.45) is 0. The highest BCUT2D eigenvalue weighted by atomic mass is 16.5. The monoisotopic (exact) mass is 470 g/mol. The van der Waals surface area contributed by atoms with Crippen LogP contribution in [0.4, 0.5) is 11.4 Å². The van der Waals surface area contributed by atoms with Crippen molar-refractivity contribution in [2.75, 3.05) is 30.0 Å². The van der Waals surface area contributed by atoms with E-state index in [1.165, 1.54) is 6.07 Å². The smallest absolute Gasteiger partial charge is 0.349 e. The van der Waals surface area contributed by atoms with Crippen molar-refractivity contribution in [2.45, 2.75) is 6.92 Å². The van der Waals surface area contributed by atoms with Gasteiger partial charge in [-0.1, -0.05) is 30.3 Å². The number of nitrogens with one attached hydrogen (secondary N) is 1. The summed E-state index contributed by atoms with van der Waals surface area (Å²) in [6.45, 7) is 2.48. The molecule has 35 heavy (non-hydrogen) atoms. The Morgan fingerprint density at radius 1 is 1.03 bits per heavy atom. The van der Waals surface area contributed by atoms with E-state index in [0.29, 0.717) is 34.6 Å². The van der Waals surface area contributed by atoms with Crippen LogP contribution in [0.3, 0.4) is 0 Å². The molecule has 3 aromatic carbocycles. The molecule has 176 valence electrons. The van der Waals surface area contributed by atoms with Gasteiger partial charge < -0.3 is 24.1 Å². The summed E-state index contributed by atoms with van der Waals surface area (Å²) in [5, 5.41) is 3.35. The van der Waals surface area contributed by atoms with Crippen LogP contribution in [0.2, 0.25) is 0 Å². The summed E-state index contributed by atoms with van der Waals surface area (Å²) < 4.78 is 16.6. The van der Waals surface area contributed by atoms with Gasteiger partial charge in [0.1, 0.15) is 29.3 Å². The molecular formula is C27H22N2O6. The average molecular weight is 470 g/mol. The van der Waals surface area contributed by atoms with Crippen molar-refractivity contribution in [2.24, 2.45) is 0 Å². The number of para-hydroxylation sites is 1. The van der Waals surface area contributed by atoms with Crippen LogP contribution in [0.1, 0.15) is 15.9 Å². The first kappa shape index (κ1) is 22.2. The standard InChI is InChI=1S/C27H22N2O6/c1-17-5-4-7-20(13-17)33-12-11-29-22-15-19(9-10-24(22)34-16-25(29)30)28-26(31)21-14-18-6-2-3-8-23(18)35-27(21)32/h2-10,13-15H,11-12,16H2,1H3,(H,28,31). The van der Waals surface area contributed by atoms with Crippen molar-refractivity contribution >= 4 is 34.2 Å². The molecule has 0 unspecified atom stereocenters. The van der Waals surface area contributed by atoms with Gasteiger partial charge in [0.15, 0.2) is 6.61 Å². The highest BCUT2D eigenvalue weighted by molar-refractivity contribution is 6.06. The van der Waals surface area contributed by atoms with Crippen LogP contribution >= 0.6 is 0 Å². The van der Waals surface area contributed by atoms with Crippen LogP contribution in [-0.2, 0) is 4.79 Å². The molecule has 0 aliphatic carbocycles. The number of anilines is 2. The van der Waals surface area contributed by atoms with Crippen LogP contribution < -0.4 is 25.3 Å². The molecule has 1 aliphatic heterocycles. The van der Waals surface area contributed by atoms with E-state index in [-0.39, 0.29) is 24.7 Å². The molecule has 4 aromatic rings. The highest BCUT2D eigenvalue weighted by Crippen LogP contribution is 2.34. The van der Waals surface area contributed by atoms with Crippen molar-refractivity contribution < 1.29 is 23.5 Å². The minimum atomic E-state index is -0.729. The summed E-state index contributed by atoms with van der Waals surface area (Å²) in [5.41, 5.74) is 1.56. The molecule has 1 aliphatic rings. The molecule has 1 aromatic heterocycles. The number of amides is 2. The highest BCUT2D eigenvalue weighted by Gasteiger charge is 2.26. The summed E-state index contributed by atoms with van der Waals surface area (Å²) in [7, 11) is 0. The zero-order valence-electron chi connectivity index (χ0n) is 18.9. The maximum atomic E-state index is 12.8. The Bertz CT molecular complexity index is 1490. The van der Waals surface area contributed by atoms with Gasteiger partial charge in [-0.2, -0.15) is 0 Å². The van der Waals surface area contributed by atoms with Gasteiger partial charge in [0.2, 0.25) is 0 Å². The van der Waals surface area contributed by atoms with Gasteiger partial charge in [0.25, 0.3) is 11.8 Å². The molecule has 8 heteroatoms. The summed E-state index contributed by atoms with van der Waals surface area (Å²) >= 11 is 0. The van der Waals surface area contributed by atoms with Crippen LogP contribution in [-0.4, -0.2) is 31.6 Å². The third-order valence-electron chi connectivity index (χ3n) is 5.62. The maximum Gasteiger partial charge on any atom is 0.349 e. The number of fused-ring (bicyclic) bond motifs is 2. The van der Waals surface area contributed by atoms with Crippen molar-refractivity contribution in [1.82, 2.24) is 0 Å². The second kappa shape index (κ2) is 9.34. The molecule has 0 saturated heterocycles. The van der Waals surface area contributed by atoms with Gasteiger partial charge in [0, 0.05) is 11.1 Å². The van der Waals surface area contributed by atoms with Gasteiger partial charge in [-0.05, 0) is 55.0 Å². The third-order valence-corrected chi connectivity index (χ3v) is 5.62. The summed E-state index contributed by atoms with van der Waals surface area (Å²) in [6, 6.07) is 21.1. The molecule has 0 radical (unpaired) electrons. The maximum absolute atomic E-state index is 12.8. The minimum absolute atomic E-state index is 0.0821. The second-order valence-corrected chi connectivity index (χ2v) is 8.12. The third kappa shape index (κ3) is 4.72. The number of benzene rings is 3. The number of carbonyl (C=O) groups is 2. The lowest BCUT2D eigenvalue weighted by Crippen LogP contribution is -2.41. The van der Waals surface area contributed by atoms with E-state index in [1.807, 2.05) is 31.2 Å². The molecule has 0 atom stereocenters. The molecule has 1 N–H and O–H groups in total. The Balaban J connectivity index is 1.34. The molecule has 0 spiro atoms. The van der Waals surface area contributed by atoms with Crippen LogP contribution in [0.25, 0.3) is 11.0 Å². The van der Waals surface area contributed by atoms with E-state index in [0.717, 1.165) is 11.3 Å². The molecule has 0 bridgehead atoms. The lowest BCUT2D eigenvalue weighted by Gasteiger charge is -2.29. The number of carbonyl (C=O) groups excluding carboxylic acids is 2. The van der Waals surface area contributed by atoms with Crippen LogP contribution in [0.5, 0.6) is 11.5 Å². The largest absolute Gasteiger partial charge is 0.492 e. The minimum Gasteiger partial charge on any atom is -0.492 e. The van der Waals surface area contributed by atoms with E-state index >= 15 is 0 Å². The van der Waals surface area contributed by atoms with E-state index in [2.05, 4.69) is 5.32 Å².